The molecule has 0 aromatic heterocycles. The zero-order valence-corrected chi connectivity index (χ0v) is 7.09. The molecule has 2 heteroatoms. The van der Waals surface area contributed by atoms with Crippen LogP contribution >= 0.6 is 0 Å². The monoisotopic (exact) mass is 181 g/mol. The molecule has 0 heterocycles. The second-order valence-electron chi connectivity index (χ2n) is 2.55. The minimum absolute atomic E-state index is 0.129. The molecule has 0 fully saturated rings. The number of hydrogen-bond donors (Lipinski definition) is 1. The van der Waals surface area contributed by atoms with Gasteiger partial charge in [0.1, 0.15) is 0 Å². The number of ketones is 1. The van der Waals surface area contributed by atoms with E-state index in [1.807, 2.05) is 0 Å². The van der Waals surface area contributed by atoms with Gasteiger partial charge in [0.05, 0.1) is 13.4 Å². The van der Waals surface area contributed by atoms with Crippen molar-refractivity contribution in [1.82, 2.24) is 0 Å². The van der Waals surface area contributed by atoms with E-state index in [2.05, 4.69) is 0 Å². The Labute approximate surface area is 84.5 Å². The fraction of sp³-hybridized carbons (Fsp3) is 0.182. The molecule has 1 aromatic rings. The molecule has 0 radical (unpaired) electrons. The highest BCUT2D eigenvalue weighted by molar-refractivity contribution is 5.94. The first-order valence-electron chi connectivity index (χ1n) is 6.17. The maximum atomic E-state index is 11.2. The van der Waals surface area contributed by atoms with E-state index in [4.69, 9.17) is 6.85 Å². The standard InChI is InChI=1S/C11H12O2/c1-3-9-6-10(8(2)13)4-5-11(9)7-12/h3-6,12H,1,7H2,2H3/i1D2,3D,7D2. The van der Waals surface area contributed by atoms with Crippen LogP contribution in [0.3, 0.4) is 0 Å². The minimum atomic E-state index is -2.70. The van der Waals surface area contributed by atoms with Gasteiger partial charge in [-0.2, -0.15) is 0 Å². The molecule has 0 bridgehead atoms. The Morgan fingerprint density at radius 3 is 3.23 bits per heavy atom. The normalized spacial score (nSPS) is 16.0. The van der Waals surface area contributed by atoms with E-state index < -0.39 is 19.1 Å². The first-order valence-corrected chi connectivity index (χ1v) is 3.67. The quantitative estimate of drug-likeness (QED) is 0.724. The Kier molecular flexibility index (Phi) is 1.46. The van der Waals surface area contributed by atoms with Crippen LogP contribution in [0.5, 0.6) is 0 Å². The average Bonchev–Trinajstić information content (AvgIpc) is 2.25. The molecule has 1 N–H and O–H groups in total. The first kappa shape index (κ1) is 4.72. The molecule has 2 nitrogen and oxygen atoms in total. The van der Waals surface area contributed by atoms with Gasteiger partial charge in [-0.15, -0.1) is 0 Å². The summed E-state index contributed by atoms with van der Waals surface area (Å²) in [4.78, 5) is 11.2. The Morgan fingerprint density at radius 2 is 2.69 bits per heavy atom. The third-order valence-corrected chi connectivity index (χ3v) is 1.68. The summed E-state index contributed by atoms with van der Waals surface area (Å²) in [5.74, 6) is -0.286. The number of carbonyl (C=O) groups is 1. The van der Waals surface area contributed by atoms with Gasteiger partial charge in [0.25, 0.3) is 0 Å². The van der Waals surface area contributed by atoms with Crippen molar-refractivity contribution in [3.8, 4) is 0 Å². The molecule has 0 aliphatic heterocycles. The minimum Gasteiger partial charge on any atom is -0.392 e. The van der Waals surface area contributed by atoms with E-state index >= 15 is 0 Å². The van der Waals surface area contributed by atoms with Crippen LogP contribution in [0.2, 0.25) is 0 Å². The molecular formula is C11H12O2. The van der Waals surface area contributed by atoms with Crippen LogP contribution in [0.1, 0.15) is 35.3 Å². The lowest BCUT2D eigenvalue weighted by Gasteiger charge is -2.03. The third kappa shape index (κ3) is 2.04. The second kappa shape index (κ2) is 4.01. The summed E-state index contributed by atoms with van der Waals surface area (Å²) in [5.41, 5.74) is -0.145. The van der Waals surface area contributed by atoms with Crippen molar-refractivity contribution in [2.45, 2.75) is 13.5 Å². The summed E-state index contributed by atoms with van der Waals surface area (Å²) in [7, 11) is 0. The van der Waals surface area contributed by atoms with Gasteiger partial charge < -0.3 is 5.11 Å². The third-order valence-electron chi connectivity index (χ3n) is 1.68. The van der Waals surface area contributed by atoms with Crippen LogP contribution in [0, 0.1) is 0 Å². The van der Waals surface area contributed by atoms with Gasteiger partial charge >= 0.3 is 0 Å². The van der Waals surface area contributed by atoms with Crippen LogP contribution < -0.4 is 0 Å². The number of hydrogen-bond acceptors (Lipinski definition) is 2. The highest BCUT2D eigenvalue weighted by Gasteiger charge is 2.02. The van der Waals surface area contributed by atoms with Crippen molar-refractivity contribution < 1.29 is 16.8 Å². The van der Waals surface area contributed by atoms with Crippen molar-refractivity contribution in [2.75, 3.05) is 0 Å². The maximum absolute atomic E-state index is 11.2. The first-order chi connectivity index (χ1) is 8.14. The Balaban J connectivity index is 3.56. The average molecular weight is 181 g/mol. The molecule has 0 saturated heterocycles. The molecule has 1 aromatic carbocycles. The Hall–Kier alpha value is -1.41. The van der Waals surface area contributed by atoms with Crippen LogP contribution in [0.15, 0.2) is 24.7 Å². The summed E-state index contributed by atoms with van der Waals surface area (Å²) in [6, 6.07) is 3.17. The SMILES string of the molecule is [2H]C([2H])=C([2H])c1cc(C(C)=O)ccc1C([2H])([2H])O. The fourth-order valence-corrected chi connectivity index (χ4v) is 0.964. The molecular weight excluding hydrogens is 164 g/mol. The van der Waals surface area contributed by atoms with E-state index in [1.165, 1.54) is 25.1 Å². The lowest BCUT2D eigenvalue weighted by Crippen LogP contribution is -1.95. The number of aliphatic hydroxyl groups is 1. The van der Waals surface area contributed by atoms with E-state index in [0.717, 1.165) is 0 Å². The van der Waals surface area contributed by atoms with Gasteiger partial charge in [-0.1, -0.05) is 24.7 Å². The van der Waals surface area contributed by atoms with Gasteiger partial charge in [0.15, 0.2) is 5.78 Å². The lowest BCUT2D eigenvalue weighted by molar-refractivity contribution is 0.101. The zero-order chi connectivity index (χ0) is 14.1. The van der Waals surface area contributed by atoms with Gasteiger partial charge in [-0.25, -0.2) is 0 Å². The summed E-state index contributed by atoms with van der Waals surface area (Å²) >= 11 is 0. The number of benzene rings is 1. The Morgan fingerprint density at radius 1 is 1.92 bits per heavy atom. The molecule has 0 aliphatic carbocycles. The van der Waals surface area contributed by atoms with E-state index in [0.29, 0.717) is 0 Å². The van der Waals surface area contributed by atoms with Crippen molar-refractivity contribution in [3.63, 3.8) is 0 Å². The van der Waals surface area contributed by atoms with Crippen LogP contribution in [0.25, 0.3) is 6.05 Å². The predicted octanol–water partition coefficient (Wildman–Crippen LogP) is 2.02. The molecule has 0 spiro atoms. The summed E-state index contributed by atoms with van der Waals surface area (Å²) in [5, 5.41) is 9.35. The van der Waals surface area contributed by atoms with E-state index in [-0.39, 0.29) is 22.5 Å². The van der Waals surface area contributed by atoms with Crippen molar-refractivity contribution >= 4 is 11.8 Å². The number of Topliss-reactive ketones (excluding diaryl/α,β-unsaturated/α-hetero) is 1. The van der Waals surface area contributed by atoms with Crippen molar-refractivity contribution in [2.24, 2.45) is 0 Å². The van der Waals surface area contributed by atoms with Gasteiger partial charge in [-0.3, -0.25) is 4.79 Å². The smallest absolute Gasteiger partial charge is 0.159 e. The molecule has 13 heavy (non-hydrogen) atoms. The van der Waals surface area contributed by atoms with Gasteiger partial charge in [0.2, 0.25) is 0 Å². The largest absolute Gasteiger partial charge is 0.392 e. The molecule has 68 valence electrons. The highest BCUT2D eigenvalue weighted by Crippen LogP contribution is 2.13. The van der Waals surface area contributed by atoms with Crippen molar-refractivity contribution in [1.29, 1.82) is 0 Å². The summed E-state index contributed by atoms with van der Waals surface area (Å²) in [6.07, 6.45) is 0. The molecule has 0 amide bonds. The topological polar surface area (TPSA) is 37.3 Å². The van der Waals surface area contributed by atoms with E-state index in [1.54, 1.807) is 0 Å². The second-order valence-corrected chi connectivity index (χ2v) is 2.55. The zero-order valence-electron chi connectivity index (χ0n) is 12.1. The highest BCUT2D eigenvalue weighted by atomic mass is 16.3. The van der Waals surface area contributed by atoms with Gasteiger partial charge in [0, 0.05) is 5.56 Å². The molecule has 1 rings (SSSR count). The Bertz CT molecular complexity index is 513. The number of carbonyl (C=O) groups excluding carboxylic acids is 1. The van der Waals surface area contributed by atoms with Crippen LogP contribution in [-0.4, -0.2) is 10.9 Å². The molecule has 0 atom stereocenters. The summed E-state index contributed by atoms with van der Waals surface area (Å²) in [6.45, 7) is -2.21. The molecule has 0 unspecified atom stereocenters. The summed E-state index contributed by atoms with van der Waals surface area (Å²) < 4.78 is 36.2. The molecule has 0 aliphatic rings. The number of rotatable bonds is 3. The molecule has 0 saturated carbocycles. The predicted molar refractivity (Wildman–Crippen MR) is 52.5 cm³/mol. The van der Waals surface area contributed by atoms with Crippen LogP contribution in [-0.2, 0) is 6.56 Å². The van der Waals surface area contributed by atoms with E-state index in [9.17, 15) is 9.90 Å². The maximum Gasteiger partial charge on any atom is 0.159 e. The van der Waals surface area contributed by atoms with Crippen LogP contribution in [0.4, 0.5) is 0 Å². The lowest BCUT2D eigenvalue weighted by atomic mass is 10.0. The fourth-order valence-electron chi connectivity index (χ4n) is 0.964. The van der Waals surface area contributed by atoms with Gasteiger partial charge in [-0.05, 0) is 24.1 Å². The van der Waals surface area contributed by atoms with Crippen molar-refractivity contribution in [3.05, 3.63) is 41.4 Å².